The number of fused-ring (bicyclic) bond motifs is 1. The van der Waals surface area contributed by atoms with E-state index in [1.54, 1.807) is 29.3 Å². The van der Waals surface area contributed by atoms with Gasteiger partial charge in [0.2, 0.25) is 11.0 Å². The molecular weight excluding hydrogens is 567 g/mol. The quantitative estimate of drug-likeness (QED) is 0.294. The molecule has 1 atom stereocenters. The van der Waals surface area contributed by atoms with E-state index in [9.17, 15) is 14.7 Å². The molecule has 8 nitrogen and oxygen atoms in total. The van der Waals surface area contributed by atoms with Gasteiger partial charge in [0.1, 0.15) is 12.3 Å². The van der Waals surface area contributed by atoms with Gasteiger partial charge in [-0.25, -0.2) is 9.97 Å². The second-order valence-corrected chi connectivity index (χ2v) is 12.6. The number of hydrogen-bond acceptors (Lipinski definition) is 7. The molecule has 216 valence electrons. The minimum absolute atomic E-state index is 0.0985. The zero-order valence-corrected chi connectivity index (χ0v) is 24.4. The Bertz CT molecular complexity index is 1470. The van der Waals surface area contributed by atoms with E-state index >= 15 is 4.39 Å². The molecule has 2 aliphatic carbocycles. The van der Waals surface area contributed by atoms with Gasteiger partial charge in [0.15, 0.2) is 16.7 Å². The van der Waals surface area contributed by atoms with Crippen LogP contribution in [0.5, 0.6) is 5.75 Å². The summed E-state index contributed by atoms with van der Waals surface area (Å²) in [6.45, 7) is 1.28. The predicted octanol–water partition coefficient (Wildman–Crippen LogP) is 6.66. The predicted molar refractivity (Wildman–Crippen MR) is 157 cm³/mol. The minimum Gasteiger partial charge on any atom is -0.488 e. The van der Waals surface area contributed by atoms with Gasteiger partial charge in [-0.3, -0.25) is 14.5 Å². The number of hydrogen-bond donors (Lipinski definition) is 1. The van der Waals surface area contributed by atoms with Crippen LogP contribution in [0.4, 0.5) is 15.3 Å². The number of nitrogens with zero attached hydrogens (tertiary/aromatic N) is 4. The molecule has 2 fully saturated rings. The average molecular weight is 599 g/mol. The Balaban J connectivity index is 1.35. The monoisotopic (exact) mass is 598 g/mol. The summed E-state index contributed by atoms with van der Waals surface area (Å²) in [4.78, 5) is 38.4. The van der Waals surface area contributed by atoms with E-state index in [0.717, 1.165) is 67.8 Å². The van der Waals surface area contributed by atoms with E-state index in [-0.39, 0.29) is 29.2 Å². The SMILES string of the molecule is CN1CCOc2cc(-c3ccc(Cl)cc3-c3nc(N(C(=O)C(CC(=O)O)CC4CCCC4)C4CC4)sc3F)cnc21. The number of rotatable bonds is 9. The fourth-order valence-corrected chi connectivity index (χ4v) is 7.05. The van der Waals surface area contributed by atoms with Gasteiger partial charge in [0.05, 0.1) is 13.0 Å². The summed E-state index contributed by atoms with van der Waals surface area (Å²) in [7, 11) is 1.95. The van der Waals surface area contributed by atoms with Crippen LogP contribution in [0.3, 0.4) is 0 Å². The fourth-order valence-electron chi connectivity index (χ4n) is 5.99. The Kier molecular flexibility index (Phi) is 7.87. The lowest BCUT2D eigenvalue weighted by atomic mass is 9.90. The number of carbonyl (C=O) groups is 2. The van der Waals surface area contributed by atoms with Gasteiger partial charge in [-0.2, -0.15) is 4.39 Å². The van der Waals surface area contributed by atoms with Gasteiger partial charge in [-0.05, 0) is 48.9 Å². The molecule has 6 rings (SSSR count). The Morgan fingerprint density at radius 3 is 2.73 bits per heavy atom. The van der Waals surface area contributed by atoms with Crippen molar-refractivity contribution in [3.63, 3.8) is 0 Å². The van der Waals surface area contributed by atoms with Gasteiger partial charge >= 0.3 is 5.97 Å². The summed E-state index contributed by atoms with van der Waals surface area (Å²) in [5.74, 6) is -0.198. The molecular formula is C30H32ClFN4O4S. The summed E-state index contributed by atoms with van der Waals surface area (Å²) in [5.41, 5.74) is 2.00. The molecule has 1 N–H and O–H groups in total. The van der Waals surface area contributed by atoms with Crippen LogP contribution in [0, 0.1) is 17.0 Å². The van der Waals surface area contributed by atoms with Crippen molar-refractivity contribution in [3.05, 3.63) is 40.6 Å². The van der Waals surface area contributed by atoms with E-state index in [1.165, 1.54) is 0 Å². The molecule has 0 spiro atoms. The number of carboxylic acids is 1. The van der Waals surface area contributed by atoms with Gasteiger partial charge in [-0.1, -0.05) is 54.7 Å². The second-order valence-electron chi connectivity index (χ2n) is 11.2. The number of aliphatic carboxylic acids is 1. The van der Waals surface area contributed by atoms with Crippen LogP contribution >= 0.6 is 22.9 Å². The molecule has 1 aromatic carbocycles. The summed E-state index contributed by atoms with van der Waals surface area (Å²) in [6.07, 6.45) is 7.83. The Hall–Kier alpha value is -3.24. The molecule has 3 aliphatic rings. The number of ether oxygens (including phenoxy) is 1. The van der Waals surface area contributed by atoms with Crippen molar-refractivity contribution < 1.29 is 23.8 Å². The Morgan fingerprint density at radius 2 is 2.00 bits per heavy atom. The lowest BCUT2D eigenvalue weighted by Crippen LogP contribution is -2.39. The van der Waals surface area contributed by atoms with Crippen LogP contribution in [-0.4, -0.2) is 53.2 Å². The number of aromatic nitrogens is 2. The highest BCUT2D eigenvalue weighted by molar-refractivity contribution is 7.14. The van der Waals surface area contributed by atoms with Gasteiger partial charge in [-0.15, -0.1) is 0 Å². The molecule has 11 heteroatoms. The maximum absolute atomic E-state index is 15.7. The van der Waals surface area contributed by atoms with E-state index < -0.39 is 17.0 Å². The molecule has 0 bridgehead atoms. The van der Waals surface area contributed by atoms with Crippen molar-refractivity contribution in [3.8, 4) is 28.1 Å². The Morgan fingerprint density at radius 1 is 1.22 bits per heavy atom. The van der Waals surface area contributed by atoms with Gasteiger partial charge in [0.25, 0.3) is 0 Å². The number of benzene rings is 1. The third-order valence-corrected chi connectivity index (χ3v) is 9.30. The van der Waals surface area contributed by atoms with E-state index in [0.29, 0.717) is 40.8 Å². The first kappa shape index (κ1) is 27.9. The highest BCUT2D eigenvalue weighted by Crippen LogP contribution is 2.43. The number of carbonyl (C=O) groups excluding carboxylic acids is 1. The largest absolute Gasteiger partial charge is 0.488 e. The first-order valence-electron chi connectivity index (χ1n) is 14.1. The lowest BCUT2D eigenvalue weighted by molar-refractivity contribution is -0.141. The van der Waals surface area contributed by atoms with Crippen molar-refractivity contribution in [2.45, 2.75) is 57.4 Å². The third-order valence-electron chi connectivity index (χ3n) is 8.22. The molecule has 1 unspecified atom stereocenters. The topological polar surface area (TPSA) is 95.9 Å². The number of pyridine rings is 1. The molecule has 2 aromatic heterocycles. The van der Waals surface area contributed by atoms with Crippen LogP contribution in [0.15, 0.2) is 30.5 Å². The number of thiazole rings is 1. The molecule has 1 amide bonds. The molecule has 0 saturated heterocycles. The van der Waals surface area contributed by atoms with Crippen LogP contribution in [0.25, 0.3) is 22.4 Å². The summed E-state index contributed by atoms with van der Waals surface area (Å²) in [5, 5.41) is 9.74. The number of likely N-dealkylation sites (N-methyl/N-ethyl adjacent to an activating group) is 1. The fraction of sp³-hybridized carbons (Fsp3) is 0.467. The van der Waals surface area contributed by atoms with Crippen molar-refractivity contribution in [2.24, 2.45) is 11.8 Å². The highest BCUT2D eigenvalue weighted by Gasteiger charge is 2.40. The molecule has 3 aromatic rings. The molecule has 0 radical (unpaired) electrons. The number of amides is 1. The normalized spacial score (nSPS) is 17.7. The summed E-state index contributed by atoms with van der Waals surface area (Å²) < 4.78 is 21.6. The van der Waals surface area contributed by atoms with Crippen LogP contribution in [-0.2, 0) is 9.59 Å². The zero-order valence-electron chi connectivity index (χ0n) is 22.8. The number of carboxylic acid groups (broad SMARTS) is 1. The van der Waals surface area contributed by atoms with Crippen LogP contribution in [0.2, 0.25) is 5.02 Å². The first-order chi connectivity index (χ1) is 19.8. The van der Waals surface area contributed by atoms with Gasteiger partial charge in [0, 0.05) is 41.4 Å². The van der Waals surface area contributed by atoms with E-state index in [4.69, 9.17) is 16.3 Å². The van der Waals surface area contributed by atoms with Crippen molar-refractivity contribution in [1.29, 1.82) is 0 Å². The average Bonchev–Trinajstić information content (AvgIpc) is 3.49. The third kappa shape index (κ3) is 5.90. The highest BCUT2D eigenvalue weighted by atomic mass is 35.5. The van der Waals surface area contributed by atoms with E-state index in [2.05, 4.69) is 9.97 Å². The van der Waals surface area contributed by atoms with Crippen LogP contribution in [0.1, 0.15) is 51.4 Å². The molecule has 2 saturated carbocycles. The zero-order chi connectivity index (χ0) is 28.7. The Labute approximate surface area is 247 Å². The standard InChI is InChI=1S/C30H32ClFN4O4S/c1-35-10-11-40-24-13-19(16-33-28(24)35)22-9-6-20(31)15-23(22)26-27(32)41-30(34-26)36(21-7-8-21)29(39)18(14-25(37)38)12-17-4-2-3-5-17/h6,9,13,15-18,21H,2-5,7-8,10-12,14H2,1H3,(H,37,38). The first-order valence-corrected chi connectivity index (χ1v) is 15.3. The number of anilines is 2. The van der Waals surface area contributed by atoms with Crippen molar-refractivity contribution in [1.82, 2.24) is 9.97 Å². The van der Waals surface area contributed by atoms with Crippen LogP contribution < -0.4 is 14.5 Å². The van der Waals surface area contributed by atoms with E-state index in [1.807, 2.05) is 18.0 Å². The maximum atomic E-state index is 15.7. The molecule has 3 heterocycles. The summed E-state index contributed by atoms with van der Waals surface area (Å²) >= 11 is 7.19. The summed E-state index contributed by atoms with van der Waals surface area (Å²) in [6, 6.07) is 6.99. The van der Waals surface area contributed by atoms with Crippen molar-refractivity contribution in [2.75, 3.05) is 30.0 Å². The minimum atomic E-state index is -1.000. The lowest BCUT2D eigenvalue weighted by Gasteiger charge is -2.26. The second kappa shape index (κ2) is 11.6. The molecule has 41 heavy (non-hydrogen) atoms. The maximum Gasteiger partial charge on any atom is 0.304 e. The smallest absolute Gasteiger partial charge is 0.304 e. The number of halogens is 2. The molecule has 1 aliphatic heterocycles. The van der Waals surface area contributed by atoms with Crippen molar-refractivity contribution >= 4 is 45.8 Å². The van der Waals surface area contributed by atoms with Gasteiger partial charge < -0.3 is 14.7 Å².